The number of imidazole rings is 1. The molecule has 1 heterocycles. The first kappa shape index (κ1) is 15.1. The van der Waals surface area contributed by atoms with Gasteiger partial charge in [-0.2, -0.15) is 0 Å². The molecule has 1 aromatic heterocycles. The Morgan fingerprint density at radius 1 is 1.35 bits per heavy atom. The third-order valence-corrected chi connectivity index (χ3v) is 3.89. The Kier molecular flexibility index (Phi) is 5.21. The van der Waals surface area contributed by atoms with Gasteiger partial charge in [-0.15, -0.1) is 0 Å². The fraction of sp³-hybridized carbons (Fsp3) is 0.438. The van der Waals surface area contributed by atoms with Gasteiger partial charge in [-0.3, -0.25) is 0 Å². The lowest BCUT2D eigenvalue weighted by Gasteiger charge is -2.17. The quantitative estimate of drug-likeness (QED) is 0.881. The Balaban J connectivity index is 2.45. The second kappa shape index (κ2) is 6.91. The molecule has 0 radical (unpaired) electrons. The molecule has 4 heteroatoms. The molecule has 0 aliphatic carbocycles. The lowest BCUT2D eigenvalue weighted by atomic mass is 10.0. The molecule has 1 atom stereocenters. The molecule has 0 saturated carbocycles. The largest absolute Gasteiger partial charge is 0.327 e. The van der Waals surface area contributed by atoms with Crippen LogP contribution in [0.1, 0.15) is 38.1 Å². The fourth-order valence-electron chi connectivity index (χ4n) is 2.34. The van der Waals surface area contributed by atoms with Crippen molar-refractivity contribution in [1.82, 2.24) is 9.55 Å². The fourth-order valence-corrected chi connectivity index (χ4v) is 2.59. The van der Waals surface area contributed by atoms with Gasteiger partial charge >= 0.3 is 0 Å². The van der Waals surface area contributed by atoms with E-state index in [2.05, 4.69) is 29.5 Å². The summed E-state index contributed by atoms with van der Waals surface area (Å²) < 4.78 is 2.13. The summed E-state index contributed by atoms with van der Waals surface area (Å²) in [6.07, 6.45) is 7.60. The van der Waals surface area contributed by atoms with E-state index in [-0.39, 0.29) is 6.04 Å². The van der Waals surface area contributed by atoms with Crippen molar-refractivity contribution in [3.8, 4) is 5.69 Å². The van der Waals surface area contributed by atoms with Crippen molar-refractivity contribution in [1.29, 1.82) is 0 Å². The number of nitrogens with two attached hydrogens (primary N) is 1. The molecule has 2 N–H and O–H groups in total. The van der Waals surface area contributed by atoms with Crippen molar-refractivity contribution >= 4 is 11.6 Å². The van der Waals surface area contributed by atoms with Gasteiger partial charge < -0.3 is 10.3 Å². The van der Waals surface area contributed by atoms with E-state index >= 15 is 0 Å². The summed E-state index contributed by atoms with van der Waals surface area (Å²) in [5, 5.41) is 0.780. The molecular formula is C16H22ClN3. The van der Waals surface area contributed by atoms with Crippen LogP contribution >= 0.6 is 11.6 Å². The molecule has 1 aromatic carbocycles. The van der Waals surface area contributed by atoms with Crippen LogP contribution in [0.15, 0.2) is 30.6 Å². The number of halogens is 1. The monoisotopic (exact) mass is 291 g/mol. The van der Waals surface area contributed by atoms with Gasteiger partial charge in [0.25, 0.3) is 0 Å². The third-order valence-electron chi connectivity index (χ3n) is 3.54. The van der Waals surface area contributed by atoms with Gasteiger partial charge in [-0.1, -0.05) is 31.5 Å². The van der Waals surface area contributed by atoms with E-state index in [1.54, 1.807) is 0 Å². The van der Waals surface area contributed by atoms with Crippen LogP contribution in [0.5, 0.6) is 0 Å². The number of aromatic nitrogens is 2. The van der Waals surface area contributed by atoms with Crippen molar-refractivity contribution in [3.05, 3.63) is 47.0 Å². The van der Waals surface area contributed by atoms with E-state index in [9.17, 15) is 0 Å². The van der Waals surface area contributed by atoms with Gasteiger partial charge in [0.15, 0.2) is 0 Å². The SMILES string of the molecule is CCCc1nccn1-c1cccc(Cl)c1CC(N)CC. The van der Waals surface area contributed by atoms with Gasteiger partial charge in [0.2, 0.25) is 0 Å². The van der Waals surface area contributed by atoms with E-state index in [0.29, 0.717) is 0 Å². The highest BCUT2D eigenvalue weighted by molar-refractivity contribution is 6.31. The first-order chi connectivity index (χ1) is 9.67. The van der Waals surface area contributed by atoms with Gasteiger partial charge in [0.05, 0.1) is 5.69 Å². The number of nitrogens with zero attached hydrogens (tertiary/aromatic N) is 2. The molecule has 0 amide bonds. The molecule has 2 rings (SSSR count). The smallest absolute Gasteiger partial charge is 0.113 e. The van der Waals surface area contributed by atoms with Crippen LogP contribution in [-0.2, 0) is 12.8 Å². The predicted octanol–water partition coefficient (Wildman–Crippen LogP) is 3.76. The van der Waals surface area contributed by atoms with Crippen LogP contribution in [0.25, 0.3) is 5.69 Å². The molecule has 0 saturated heterocycles. The average molecular weight is 292 g/mol. The highest BCUT2D eigenvalue weighted by Gasteiger charge is 2.14. The minimum atomic E-state index is 0.131. The lowest BCUT2D eigenvalue weighted by molar-refractivity contribution is 0.643. The Morgan fingerprint density at radius 3 is 2.85 bits per heavy atom. The number of hydrogen-bond donors (Lipinski definition) is 1. The van der Waals surface area contributed by atoms with E-state index in [1.165, 1.54) is 0 Å². The molecule has 2 aromatic rings. The summed E-state index contributed by atoms with van der Waals surface area (Å²) in [7, 11) is 0. The van der Waals surface area contributed by atoms with Crippen LogP contribution < -0.4 is 5.73 Å². The molecule has 0 spiro atoms. The second-order valence-electron chi connectivity index (χ2n) is 5.07. The molecule has 1 unspecified atom stereocenters. The van der Waals surface area contributed by atoms with Crippen molar-refractivity contribution in [3.63, 3.8) is 0 Å². The summed E-state index contributed by atoms with van der Waals surface area (Å²) in [6, 6.07) is 6.13. The molecule has 20 heavy (non-hydrogen) atoms. The van der Waals surface area contributed by atoms with Crippen molar-refractivity contribution in [2.75, 3.05) is 0 Å². The molecule has 3 nitrogen and oxygen atoms in total. The molecule has 0 aliphatic heterocycles. The van der Waals surface area contributed by atoms with Crippen LogP contribution in [-0.4, -0.2) is 15.6 Å². The van der Waals surface area contributed by atoms with E-state index in [0.717, 1.165) is 47.8 Å². The first-order valence-electron chi connectivity index (χ1n) is 7.22. The summed E-state index contributed by atoms with van der Waals surface area (Å²) >= 11 is 6.39. The lowest BCUT2D eigenvalue weighted by Crippen LogP contribution is -2.22. The maximum atomic E-state index is 6.39. The Hall–Kier alpha value is -1.32. The maximum Gasteiger partial charge on any atom is 0.113 e. The Morgan fingerprint density at radius 2 is 2.15 bits per heavy atom. The van der Waals surface area contributed by atoms with Crippen LogP contribution in [0.2, 0.25) is 5.02 Å². The van der Waals surface area contributed by atoms with Crippen LogP contribution in [0.3, 0.4) is 0 Å². The van der Waals surface area contributed by atoms with Crippen molar-refractivity contribution in [2.45, 2.75) is 45.6 Å². The van der Waals surface area contributed by atoms with Gasteiger partial charge in [0.1, 0.15) is 5.82 Å². The first-order valence-corrected chi connectivity index (χ1v) is 7.60. The molecule has 0 aliphatic rings. The highest BCUT2D eigenvalue weighted by Crippen LogP contribution is 2.26. The summed E-state index contributed by atoms with van der Waals surface area (Å²) in [6.45, 7) is 4.26. The Labute approximate surface area is 125 Å². The third kappa shape index (κ3) is 3.22. The van der Waals surface area contributed by atoms with Gasteiger partial charge in [-0.25, -0.2) is 4.98 Å². The Bertz CT molecular complexity index is 563. The molecular weight excluding hydrogens is 270 g/mol. The number of benzene rings is 1. The van der Waals surface area contributed by atoms with Crippen LogP contribution in [0.4, 0.5) is 0 Å². The zero-order valence-electron chi connectivity index (χ0n) is 12.1. The number of hydrogen-bond acceptors (Lipinski definition) is 2. The summed E-state index contributed by atoms with van der Waals surface area (Å²) in [5.74, 6) is 1.07. The topological polar surface area (TPSA) is 43.8 Å². The predicted molar refractivity (Wildman–Crippen MR) is 84.5 cm³/mol. The van der Waals surface area contributed by atoms with E-state index in [4.69, 9.17) is 17.3 Å². The minimum Gasteiger partial charge on any atom is -0.327 e. The molecule has 0 fully saturated rings. The van der Waals surface area contributed by atoms with Gasteiger partial charge in [0, 0.05) is 29.9 Å². The number of rotatable bonds is 6. The zero-order valence-corrected chi connectivity index (χ0v) is 12.9. The normalized spacial score (nSPS) is 12.6. The standard InChI is InChI=1S/C16H22ClN3/c1-3-6-16-19-9-10-20(16)15-8-5-7-14(17)13(15)11-12(18)4-2/h5,7-10,12H,3-4,6,11,18H2,1-2H3. The van der Waals surface area contributed by atoms with Crippen molar-refractivity contribution in [2.24, 2.45) is 5.73 Å². The zero-order chi connectivity index (χ0) is 14.5. The molecule has 108 valence electrons. The minimum absolute atomic E-state index is 0.131. The average Bonchev–Trinajstić information content (AvgIpc) is 2.89. The van der Waals surface area contributed by atoms with E-state index in [1.807, 2.05) is 24.5 Å². The summed E-state index contributed by atoms with van der Waals surface area (Å²) in [4.78, 5) is 4.44. The van der Waals surface area contributed by atoms with Crippen LogP contribution in [0, 0.1) is 0 Å². The van der Waals surface area contributed by atoms with Crippen molar-refractivity contribution < 1.29 is 0 Å². The van der Waals surface area contributed by atoms with Gasteiger partial charge in [-0.05, 0) is 37.0 Å². The second-order valence-corrected chi connectivity index (χ2v) is 5.48. The highest BCUT2D eigenvalue weighted by atomic mass is 35.5. The van der Waals surface area contributed by atoms with E-state index < -0.39 is 0 Å². The maximum absolute atomic E-state index is 6.39. The number of aryl methyl sites for hydroxylation is 1. The summed E-state index contributed by atoms with van der Waals surface area (Å²) in [5.41, 5.74) is 8.32. The molecule has 0 bridgehead atoms.